The summed E-state index contributed by atoms with van der Waals surface area (Å²) in [5.74, 6) is -0.371. The molecule has 0 aromatic rings. The molecule has 4 nitrogen and oxygen atoms in total. The van der Waals surface area contributed by atoms with Gasteiger partial charge in [0.15, 0.2) is 0 Å². The van der Waals surface area contributed by atoms with Crippen molar-refractivity contribution >= 4 is 11.9 Å². The fourth-order valence-corrected chi connectivity index (χ4v) is 0.546. The van der Waals surface area contributed by atoms with Gasteiger partial charge in [-0.2, -0.15) is 0 Å². The van der Waals surface area contributed by atoms with Gasteiger partial charge in [0.1, 0.15) is 0 Å². The second-order valence-electron chi connectivity index (χ2n) is 2.20. The van der Waals surface area contributed by atoms with Crippen molar-refractivity contribution in [2.45, 2.75) is 6.92 Å². The molecule has 0 radical (unpaired) electrons. The molecule has 0 saturated heterocycles. The Morgan fingerprint density at radius 3 is 2.18 bits per heavy atom. The summed E-state index contributed by atoms with van der Waals surface area (Å²) < 4.78 is 0. The highest BCUT2D eigenvalue weighted by Crippen LogP contribution is 1.94. The van der Waals surface area contributed by atoms with Gasteiger partial charge in [-0.1, -0.05) is 6.58 Å². The molecule has 3 amide bonds. The van der Waals surface area contributed by atoms with Crippen LogP contribution in [0.5, 0.6) is 0 Å². The lowest BCUT2D eigenvalue weighted by molar-refractivity contribution is -0.123. The zero-order chi connectivity index (χ0) is 9.02. The molecule has 4 heteroatoms. The van der Waals surface area contributed by atoms with E-state index in [2.05, 4.69) is 11.9 Å². The molecule has 0 rings (SSSR count). The van der Waals surface area contributed by atoms with E-state index in [9.17, 15) is 9.59 Å². The number of imide groups is 1. The number of carbonyl (C=O) groups excluding carboxylic acids is 2. The van der Waals surface area contributed by atoms with Gasteiger partial charge in [-0.05, 0) is 6.92 Å². The van der Waals surface area contributed by atoms with Crippen LogP contribution in [0.15, 0.2) is 12.2 Å². The van der Waals surface area contributed by atoms with E-state index in [1.54, 1.807) is 6.92 Å². The summed E-state index contributed by atoms with van der Waals surface area (Å²) in [4.78, 5) is 22.8. The van der Waals surface area contributed by atoms with E-state index in [1.807, 2.05) is 0 Å². The Bertz CT molecular complexity index is 199. The monoisotopic (exact) mass is 156 g/mol. The van der Waals surface area contributed by atoms with Crippen molar-refractivity contribution in [2.24, 2.45) is 0 Å². The Morgan fingerprint density at radius 2 is 1.91 bits per heavy atom. The average molecular weight is 156 g/mol. The van der Waals surface area contributed by atoms with Gasteiger partial charge in [-0.3, -0.25) is 9.69 Å². The minimum absolute atomic E-state index is 0.344. The van der Waals surface area contributed by atoms with Crippen LogP contribution in [0, 0.1) is 0 Å². The van der Waals surface area contributed by atoms with Crippen molar-refractivity contribution in [2.75, 3.05) is 14.1 Å². The largest absolute Gasteiger partial charge is 0.341 e. The number of hydrogen-bond acceptors (Lipinski definition) is 2. The summed E-state index contributed by atoms with van der Waals surface area (Å²) in [5.41, 5.74) is 0.344. The predicted molar refractivity (Wildman–Crippen MR) is 42.0 cm³/mol. The Labute approximate surface area is 65.9 Å². The fourth-order valence-electron chi connectivity index (χ4n) is 0.546. The summed E-state index contributed by atoms with van der Waals surface area (Å²) in [6.07, 6.45) is 0. The van der Waals surface area contributed by atoms with Crippen molar-refractivity contribution in [1.82, 2.24) is 10.2 Å². The Morgan fingerprint density at radius 1 is 1.45 bits per heavy atom. The third kappa shape index (κ3) is 2.41. The number of nitrogens with one attached hydrogen (secondary N) is 1. The van der Waals surface area contributed by atoms with Crippen molar-refractivity contribution in [3.05, 3.63) is 12.2 Å². The van der Waals surface area contributed by atoms with Gasteiger partial charge in [0.25, 0.3) is 5.91 Å². The molecule has 62 valence electrons. The van der Waals surface area contributed by atoms with Gasteiger partial charge in [0, 0.05) is 19.7 Å². The summed E-state index contributed by atoms with van der Waals surface area (Å²) in [6.45, 7) is 4.98. The van der Waals surface area contributed by atoms with Gasteiger partial charge < -0.3 is 5.32 Å². The van der Waals surface area contributed by atoms with Gasteiger partial charge >= 0.3 is 6.03 Å². The van der Waals surface area contributed by atoms with Gasteiger partial charge in [-0.25, -0.2) is 4.79 Å². The van der Waals surface area contributed by atoms with Crippen LogP contribution in [-0.4, -0.2) is 30.9 Å². The van der Waals surface area contributed by atoms with Crippen LogP contribution in [0.25, 0.3) is 0 Å². The first-order valence-electron chi connectivity index (χ1n) is 3.16. The first-order chi connectivity index (χ1) is 5.00. The summed E-state index contributed by atoms with van der Waals surface area (Å²) in [6, 6.07) is -0.432. The average Bonchev–Trinajstić information content (AvgIpc) is 2.00. The number of likely N-dealkylation sites (N-methyl/N-ethyl adjacent to an activating group) is 1. The highest BCUT2D eigenvalue weighted by Gasteiger charge is 2.14. The van der Waals surface area contributed by atoms with Crippen molar-refractivity contribution in [3.8, 4) is 0 Å². The highest BCUT2D eigenvalue weighted by atomic mass is 16.2. The summed E-state index contributed by atoms with van der Waals surface area (Å²) in [7, 11) is 2.86. The van der Waals surface area contributed by atoms with E-state index in [0.717, 1.165) is 4.90 Å². The second kappa shape index (κ2) is 3.75. The molecule has 11 heavy (non-hydrogen) atoms. The molecule has 1 N–H and O–H groups in total. The minimum Gasteiger partial charge on any atom is -0.341 e. The molecule has 0 fully saturated rings. The normalized spacial score (nSPS) is 8.64. The van der Waals surface area contributed by atoms with E-state index < -0.39 is 6.03 Å². The van der Waals surface area contributed by atoms with Crippen molar-refractivity contribution in [3.63, 3.8) is 0 Å². The lowest BCUT2D eigenvalue weighted by Gasteiger charge is -2.13. The maximum absolute atomic E-state index is 11.0. The molecule has 0 aliphatic carbocycles. The highest BCUT2D eigenvalue weighted by molar-refractivity contribution is 6.02. The Kier molecular flexibility index (Phi) is 3.30. The third-order valence-corrected chi connectivity index (χ3v) is 1.19. The van der Waals surface area contributed by atoms with E-state index in [4.69, 9.17) is 0 Å². The van der Waals surface area contributed by atoms with Gasteiger partial charge in [0.05, 0.1) is 0 Å². The standard InChI is InChI=1S/C7H12N2O2/c1-5(2)6(10)9(4)7(11)8-3/h1H2,2-4H3,(H,8,11). The quantitative estimate of drug-likeness (QED) is 0.557. The third-order valence-electron chi connectivity index (χ3n) is 1.19. The number of rotatable bonds is 1. The van der Waals surface area contributed by atoms with E-state index in [-0.39, 0.29) is 5.91 Å². The molecule has 0 aliphatic heterocycles. The number of nitrogens with zero attached hydrogens (tertiary/aromatic N) is 1. The van der Waals surface area contributed by atoms with Crippen LogP contribution in [0.4, 0.5) is 4.79 Å². The first kappa shape index (κ1) is 9.68. The summed E-state index contributed by atoms with van der Waals surface area (Å²) >= 11 is 0. The maximum Gasteiger partial charge on any atom is 0.323 e. The Hall–Kier alpha value is -1.32. The number of amides is 3. The molecule has 0 spiro atoms. The lowest BCUT2D eigenvalue weighted by atomic mass is 10.3. The molecular weight excluding hydrogens is 144 g/mol. The lowest BCUT2D eigenvalue weighted by Crippen LogP contribution is -2.39. The van der Waals surface area contributed by atoms with Crippen LogP contribution < -0.4 is 5.32 Å². The zero-order valence-corrected chi connectivity index (χ0v) is 6.97. The van der Waals surface area contributed by atoms with Crippen LogP contribution in [0.1, 0.15) is 6.92 Å². The number of urea groups is 1. The fraction of sp³-hybridized carbons (Fsp3) is 0.429. The van der Waals surface area contributed by atoms with Gasteiger partial charge in [-0.15, -0.1) is 0 Å². The van der Waals surface area contributed by atoms with Gasteiger partial charge in [0.2, 0.25) is 0 Å². The molecule has 0 unspecified atom stereocenters. The van der Waals surface area contributed by atoms with Crippen molar-refractivity contribution in [1.29, 1.82) is 0 Å². The predicted octanol–water partition coefficient (Wildman–Crippen LogP) is 0.360. The first-order valence-corrected chi connectivity index (χ1v) is 3.16. The molecular formula is C7H12N2O2. The molecule has 0 atom stereocenters. The molecule has 0 aliphatic rings. The number of carbonyl (C=O) groups is 2. The summed E-state index contributed by atoms with van der Waals surface area (Å²) in [5, 5.41) is 2.33. The maximum atomic E-state index is 11.0. The number of hydrogen-bond donors (Lipinski definition) is 1. The van der Waals surface area contributed by atoms with Crippen LogP contribution in [-0.2, 0) is 4.79 Å². The second-order valence-corrected chi connectivity index (χ2v) is 2.20. The topological polar surface area (TPSA) is 49.4 Å². The smallest absolute Gasteiger partial charge is 0.323 e. The van der Waals surface area contributed by atoms with Crippen LogP contribution in [0.3, 0.4) is 0 Å². The molecule has 0 heterocycles. The molecule has 0 bridgehead atoms. The van der Waals surface area contributed by atoms with E-state index in [0.29, 0.717) is 5.57 Å². The molecule has 0 aromatic heterocycles. The molecule has 0 aromatic carbocycles. The minimum atomic E-state index is -0.432. The SMILES string of the molecule is C=C(C)C(=O)N(C)C(=O)NC. The van der Waals surface area contributed by atoms with Crippen molar-refractivity contribution < 1.29 is 9.59 Å². The Balaban J connectivity index is 4.25. The van der Waals surface area contributed by atoms with E-state index in [1.165, 1.54) is 14.1 Å². The van der Waals surface area contributed by atoms with E-state index >= 15 is 0 Å². The van der Waals surface area contributed by atoms with Crippen LogP contribution >= 0.6 is 0 Å². The zero-order valence-electron chi connectivity index (χ0n) is 6.97. The van der Waals surface area contributed by atoms with Crippen LogP contribution in [0.2, 0.25) is 0 Å². The molecule has 0 saturated carbocycles.